The van der Waals surface area contributed by atoms with E-state index in [1.54, 1.807) is 0 Å². The highest BCUT2D eigenvalue weighted by Gasteiger charge is 2.38. The molecule has 0 bridgehead atoms. The van der Waals surface area contributed by atoms with Crippen LogP contribution in [0.5, 0.6) is 0 Å². The van der Waals surface area contributed by atoms with Crippen LogP contribution >= 0.6 is 0 Å². The number of hydrogen-bond donors (Lipinski definition) is 1. The van der Waals surface area contributed by atoms with Gasteiger partial charge in [0, 0.05) is 7.85 Å². The predicted octanol–water partition coefficient (Wildman–Crippen LogP) is 1.77. The molecule has 0 aliphatic heterocycles. The van der Waals surface area contributed by atoms with Crippen LogP contribution in [0.15, 0.2) is 0 Å². The summed E-state index contributed by atoms with van der Waals surface area (Å²) in [5.41, 5.74) is 5.16. The number of halogens is 2. The zero-order valence-electron chi connectivity index (χ0n) is 5.24. The highest BCUT2D eigenvalue weighted by Crippen LogP contribution is 2.31. The highest BCUT2D eigenvalue weighted by molar-refractivity contribution is 4.84. The minimum Gasteiger partial charge on any atom is -0.323 e. The maximum Gasteiger partial charge on any atom is 0.262 e. The number of alkyl halides is 2. The molecular formula is C6H13F2N. The van der Waals surface area contributed by atoms with Crippen molar-refractivity contribution in [2.45, 2.75) is 37.6 Å². The van der Waals surface area contributed by atoms with E-state index in [0.717, 1.165) is 6.42 Å². The topological polar surface area (TPSA) is 26.0 Å². The Bertz CT molecular complexity index is 108. The summed E-state index contributed by atoms with van der Waals surface area (Å²) in [6.07, 6.45) is 1.94. The van der Waals surface area contributed by atoms with Gasteiger partial charge in [0.25, 0.3) is 5.92 Å². The molecule has 0 amide bonds. The van der Waals surface area contributed by atoms with E-state index >= 15 is 0 Å². The fourth-order valence-electron chi connectivity index (χ4n) is 1.12. The van der Waals surface area contributed by atoms with E-state index in [1.165, 1.54) is 0 Å². The zero-order chi connectivity index (χ0) is 6.91. The van der Waals surface area contributed by atoms with E-state index in [9.17, 15) is 8.78 Å². The Morgan fingerprint density at radius 1 is 1.44 bits per heavy atom. The third kappa shape index (κ3) is 1.39. The minimum atomic E-state index is -2.59. The molecule has 1 saturated carbocycles. The molecule has 2 N–H and O–H groups in total. The molecule has 3 heteroatoms. The molecule has 1 atom stereocenters. The Hall–Kier alpha value is -0.180. The minimum absolute atomic E-state index is 0. The molecule has 0 spiro atoms. The third-order valence-corrected chi connectivity index (χ3v) is 1.82. The number of nitrogens with two attached hydrogens (primary N) is 1. The first-order valence-electron chi connectivity index (χ1n) is 3.26. The average molecular weight is 137 g/mol. The molecule has 9 heavy (non-hydrogen) atoms. The average Bonchev–Trinajstić information content (AvgIpc) is 1.77. The maximum absolute atomic E-state index is 12.5. The van der Waals surface area contributed by atoms with Crippen molar-refractivity contribution >= 4 is 0 Å². The Balaban J connectivity index is 0.000000810. The van der Waals surface area contributed by atoms with Gasteiger partial charge in [0.05, 0.1) is 6.04 Å². The lowest BCUT2D eigenvalue weighted by Gasteiger charge is -2.27. The molecule has 0 aromatic rings. The summed E-state index contributed by atoms with van der Waals surface area (Å²) in [7, 11) is 0. The summed E-state index contributed by atoms with van der Waals surface area (Å²) in [6.45, 7) is 0. The normalized spacial score (nSPS) is 34.3. The van der Waals surface area contributed by atoms with Crippen LogP contribution in [0.1, 0.15) is 27.1 Å². The molecule has 56 valence electrons. The van der Waals surface area contributed by atoms with Crippen LogP contribution in [0.3, 0.4) is 0 Å². The van der Waals surface area contributed by atoms with E-state index in [2.05, 4.69) is 0 Å². The van der Waals surface area contributed by atoms with Gasteiger partial charge in [0.1, 0.15) is 0 Å². The van der Waals surface area contributed by atoms with Gasteiger partial charge in [-0.05, 0) is 12.8 Å². The molecule has 0 aromatic heterocycles. The van der Waals surface area contributed by atoms with Crippen molar-refractivity contribution in [1.82, 2.24) is 0 Å². The summed E-state index contributed by atoms with van der Waals surface area (Å²) in [5.74, 6) is -2.59. The SMILES string of the molecule is NC1CCCCC1(F)F.[HH]. The second-order valence-electron chi connectivity index (χ2n) is 2.61. The van der Waals surface area contributed by atoms with Gasteiger partial charge in [-0.15, -0.1) is 0 Å². The first kappa shape index (κ1) is 6.93. The van der Waals surface area contributed by atoms with Gasteiger partial charge >= 0.3 is 0 Å². The molecule has 1 rings (SSSR count). The third-order valence-electron chi connectivity index (χ3n) is 1.82. The van der Waals surface area contributed by atoms with Crippen LogP contribution < -0.4 is 5.73 Å². The van der Waals surface area contributed by atoms with Crippen molar-refractivity contribution in [3.05, 3.63) is 0 Å². The largest absolute Gasteiger partial charge is 0.323 e. The lowest BCUT2D eigenvalue weighted by Crippen LogP contribution is -2.43. The van der Waals surface area contributed by atoms with Crippen LogP contribution in [0, 0.1) is 0 Å². The molecule has 1 nitrogen and oxygen atoms in total. The highest BCUT2D eigenvalue weighted by atomic mass is 19.3. The summed E-state index contributed by atoms with van der Waals surface area (Å²) in [6, 6.07) is -0.883. The standard InChI is InChI=1S/C6H11F2N.H2/c7-6(8)4-2-1-3-5(6)9;/h5H,1-4,9H2;1H. The van der Waals surface area contributed by atoms with Gasteiger partial charge in [0.2, 0.25) is 0 Å². The fraction of sp³-hybridized carbons (Fsp3) is 1.00. The van der Waals surface area contributed by atoms with Gasteiger partial charge in [-0.1, -0.05) is 6.42 Å². The van der Waals surface area contributed by atoms with E-state index < -0.39 is 12.0 Å². The van der Waals surface area contributed by atoms with Crippen molar-refractivity contribution in [1.29, 1.82) is 0 Å². The van der Waals surface area contributed by atoms with Crippen LogP contribution in [0.25, 0.3) is 0 Å². The molecule has 1 aliphatic carbocycles. The van der Waals surface area contributed by atoms with Crippen molar-refractivity contribution in [3.63, 3.8) is 0 Å². The zero-order valence-corrected chi connectivity index (χ0v) is 5.24. The lowest BCUT2D eigenvalue weighted by atomic mass is 9.92. The van der Waals surface area contributed by atoms with Gasteiger partial charge in [-0.25, -0.2) is 8.78 Å². The first-order valence-corrected chi connectivity index (χ1v) is 3.26. The predicted molar refractivity (Wildman–Crippen MR) is 33.5 cm³/mol. The van der Waals surface area contributed by atoms with Crippen LogP contribution in [-0.4, -0.2) is 12.0 Å². The summed E-state index contributed by atoms with van der Waals surface area (Å²) in [4.78, 5) is 0. The van der Waals surface area contributed by atoms with E-state index in [-0.39, 0.29) is 7.85 Å². The molecule has 0 heterocycles. The Labute approximate surface area is 54.7 Å². The molecule has 0 aromatic carbocycles. The quantitative estimate of drug-likeness (QED) is 0.541. The fourth-order valence-corrected chi connectivity index (χ4v) is 1.12. The molecule has 1 aliphatic rings. The summed E-state index contributed by atoms with van der Waals surface area (Å²) >= 11 is 0. The first-order chi connectivity index (χ1) is 4.13. The number of rotatable bonds is 0. The van der Waals surface area contributed by atoms with E-state index in [0.29, 0.717) is 12.8 Å². The Kier molecular flexibility index (Phi) is 1.70. The van der Waals surface area contributed by atoms with Crippen LogP contribution in [0.4, 0.5) is 8.78 Å². The summed E-state index contributed by atoms with van der Waals surface area (Å²) in [5, 5.41) is 0. The van der Waals surface area contributed by atoms with Gasteiger partial charge in [-0.3, -0.25) is 0 Å². The van der Waals surface area contributed by atoms with Crippen LogP contribution in [0.2, 0.25) is 0 Å². The van der Waals surface area contributed by atoms with E-state index in [1.807, 2.05) is 0 Å². The second kappa shape index (κ2) is 2.21. The molecule has 0 radical (unpaired) electrons. The van der Waals surface area contributed by atoms with Gasteiger partial charge in [-0.2, -0.15) is 0 Å². The molecular weight excluding hydrogens is 124 g/mol. The maximum atomic E-state index is 12.5. The van der Waals surface area contributed by atoms with Crippen molar-refractivity contribution in [3.8, 4) is 0 Å². The van der Waals surface area contributed by atoms with Crippen molar-refractivity contribution in [2.75, 3.05) is 0 Å². The van der Waals surface area contributed by atoms with Gasteiger partial charge < -0.3 is 5.73 Å². The lowest BCUT2D eigenvalue weighted by molar-refractivity contribution is -0.0514. The van der Waals surface area contributed by atoms with Crippen LogP contribution in [-0.2, 0) is 0 Å². The molecule has 1 unspecified atom stereocenters. The Morgan fingerprint density at radius 2 is 2.11 bits per heavy atom. The van der Waals surface area contributed by atoms with E-state index in [4.69, 9.17) is 5.73 Å². The van der Waals surface area contributed by atoms with Crippen molar-refractivity contribution in [2.24, 2.45) is 5.73 Å². The monoisotopic (exact) mass is 137 g/mol. The number of hydrogen-bond acceptors (Lipinski definition) is 1. The van der Waals surface area contributed by atoms with Gasteiger partial charge in [0.15, 0.2) is 0 Å². The second-order valence-corrected chi connectivity index (χ2v) is 2.61. The molecule has 1 fully saturated rings. The summed E-state index contributed by atoms with van der Waals surface area (Å²) < 4.78 is 24.9. The Morgan fingerprint density at radius 3 is 2.44 bits per heavy atom. The van der Waals surface area contributed by atoms with Crippen molar-refractivity contribution < 1.29 is 10.2 Å². The molecule has 0 saturated heterocycles. The smallest absolute Gasteiger partial charge is 0.262 e.